The van der Waals surface area contributed by atoms with Crippen molar-refractivity contribution in [1.82, 2.24) is 14.8 Å². The molecule has 2 fully saturated rings. The van der Waals surface area contributed by atoms with Gasteiger partial charge in [0.25, 0.3) is 0 Å². The molecule has 1 saturated heterocycles. The van der Waals surface area contributed by atoms with Gasteiger partial charge in [0.2, 0.25) is 5.91 Å². The number of amides is 1. The van der Waals surface area contributed by atoms with E-state index in [1.54, 1.807) is 25.2 Å². The van der Waals surface area contributed by atoms with Crippen LogP contribution in [0.5, 0.6) is 0 Å². The summed E-state index contributed by atoms with van der Waals surface area (Å²) < 4.78 is 0. The van der Waals surface area contributed by atoms with Gasteiger partial charge in [0.05, 0.1) is 12.6 Å². The second-order valence-electron chi connectivity index (χ2n) is 7.45. The molecule has 1 aromatic heterocycles. The van der Waals surface area contributed by atoms with Crippen molar-refractivity contribution >= 4 is 17.2 Å². The minimum atomic E-state index is -0.908. The van der Waals surface area contributed by atoms with Crippen molar-refractivity contribution in [1.29, 1.82) is 5.26 Å². The smallest absolute Gasteiger partial charge is 0.242 e. The molecule has 0 aromatic carbocycles. The van der Waals surface area contributed by atoms with Crippen LogP contribution in [-0.2, 0) is 11.3 Å². The maximum atomic E-state index is 12.4. The highest BCUT2D eigenvalue weighted by atomic mass is 32.1. The Labute approximate surface area is 141 Å². The van der Waals surface area contributed by atoms with E-state index in [1.165, 1.54) is 6.42 Å². The van der Waals surface area contributed by atoms with Gasteiger partial charge < -0.3 is 4.90 Å². The minimum absolute atomic E-state index is 0.0248. The van der Waals surface area contributed by atoms with Gasteiger partial charge in [-0.25, -0.2) is 4.98 Å². The van der Waals surface area contributed by atoms with Crippen molar-refractivity contribution in [2.24, 2.45) is 10.8 Å². The summed E-state index contributed by atoms with van der Waals surface area (Å²) in [5, 5.41) is 12.3. The Morgan fingerprint density at radius 1 is 1.57 bits per heavy atom. The van der Waals surface area contributed by atoms with Crippen LogP contribution in [0.3, 0.4) is 0 Å². The van der Waals surface area contributed by atoms with E-state index < -0.39 is 5.41 Å². The molecule has 1 aliphatic carbocycles. The fourth-order valence-electron chi connectivity index (χ4n) is 3.74. The van der Waals surface area contributed by atoms with E-state index in [2.05, 4.69) is 23.0 Å². The fraction of sp³-hybridized carbons (Fsp3) is 0.706. The monoisotopic (exact) mass is 332 g/mol. The summed E-state index contributed by atoms with van der Waals surface area (Å²) in [6, 6.07) is 2.73. The largest absolute Gasteiger partial charge is 0.341 e. The van der Waals surface area contributed by atoms with Crippen LogP contribution in [0.15, 0.2) is 11.6 Å². The molecule has 0 N–H and O–H groups in total. The molecule has 1 spiro atoms. The second kappa shape index (κ2) is 5.88. The summed E-state index contributed by atoms with van der Waals surface area (Å²) in [6.45, 7) is 5.90. The molecule has 5 nitrogen and oxygen atoms in total. The third-order valence-corrected chi connectivity index (χ3v) is 6.17. The van der Waals surface area contributed by atoms with E-state index in [0.29, 0.717) is 11.5 Å². The van der Waals surface area contributed by atoms with Gasteiger partial charge in [0.15, 0.2) is 0 Å². The van der Waals surface area contributed by atoms with Crippen LogP contribution in [-0.4, -0.2) is 46.9 Å². The minimum Gasteiger partial charge on any atom is -0.341 e. The van der Waals surface area contributed by atoms with Gasteiger partial charge in [-0.15, -0.1) is 11.3 Å². The SMILES string of the molecule is CN(Cc1nccs1)[C@@H]1CC12CCN(C(=O)C(C)(C)C#N)CC2. The lowest BCUT2D eigenvalue weighted by atomic mass is 9.88. The zero-order valence-corrected chi connectivity index (χ0v) is 14.9. The van der Waals surface area contributed by atoms with E-state index in [-0.39, 0.29) is 5.91 Å². The molecular formula is C17H24N4OS. The Morgan fingerprint density at radius 2 is 2.26 bits per heavy atom. The zero-order chi connectivity index (χ0) is 16.7. The zero-order valence-electron chi connectivity index (χ0n) is 14.1. The number of nitrogens with zero attached hydrogens (tertiary/aromatic N) is 4. The molecule has 1 amide bonds. The van der Waals surface area contributed by atoms with Crippen molar-refractivity contribution in [2.75, 3.05) is 20.1 Å². The first kappa shape index (κ1) is 16.4. The molecule has 2 heterocycles. The van der Waals surface area contributed by atoms with E-state index in [4.69, 9.17) is 5.26 Å². The van der Waals surface area contributed by atoms with E-state index >= 15 is 0 Å². The molecule has 2 aliphatic rings. The first-order valence-electron chi connectivity index (χ1n) is 8.17. The summed E-state index contributed by atoms with van der Waals surface area (Å²) in [5.41, 5.74) is -0.533. The van der Waals surface area contributed by atoms with Crippen LogP contribution < -0.4 is 0 Å². The highest BCUT2D eigenvalue weighted by Crippen LogP contribution is 2.56. The van der Waals surface area contributed by atoms with Gasteiger partial charge in [-0.2, -0.15) is 5.26 Å². The predicted molar refractivity (Wildman–Crippen MR) is 89.6 cm³/mol. The number of carbonyl (C=O) groups is 1. The highest BCUT2D eigenvalue weighted by molar-refractivity contribution is 7.09. The number of carbonyl (C=O) groups excluding carboxylic acids is 1. The summed E-state index contributed by atoms with van der Waals surface area (Å²) in [5.74, 6) is -0.0248. The number of rotatable bonds is 4. The van der Waals surface area contributed by atoms with Crippen LogP contribution in [0.1, 0.15) is 38.1 Å². The maximum absolute atomic E-state index is 12.4. The average Bonchev–Trinajstić information content (AvgIpc) is 2.99. The molecule has 1 aliphatic heterocycles. The van der Waals surface area contributed by atoms with Crippen molar-refractivity contribution in [3.8, 4) is 6.07 Å². The van der Waals surface area contributed by atoms with Gasteiger partial charge in [-0.3, -0.25) is 9.69 Å². The number of aromatic nitrogens is 1. The lowest BCUT2D eigenvalue weighted by Gasteiger charge is -2.36. The Bertz CT molecular complexity index is 611. The quantitative estimate of drug-likeness (QED) is 0.850. The van der Waals surface area contributed by atoms with Crippen LogP contribution >= 0.6 is 11.3 Å². The number of hydrogen-bond donors (Lipinski definition) is 0. The Kier molecular flexibility index (Phi) is 4.19. The summed E-state index contributed by atoms with van der Waals surface area (Å²) in [4.78, 5) is 21.1. The van der Waals surface area contributed by atoms with Crippen molar-refractivity contribution in [3.63, 3.8) is 0 Å². The second-order valence-corrected chi connectivity index (χ2v) is 8.43. The fourth-order valence-corrected chi connectivity index (χ4v) is 4.42. The van der Waals surface area contributed by atoms with Crippen LogP contribution in [0.4, 0.5) is 0 Å². The molecule has 1 atom stereocenters. The van der Waals surface area contributed by atoms with Crippen molar-refractivity contribution in [2.45, 2.75) is 45.7 Å². The third-order valence-electron chi connectivity index (χ3n) is 5.41. The van der Waals surface area contributed by atoms with E-state index in [1.807, 2.05) is 16.5 Å². The van der Waals surface area contributed by atoms with Gasteiger partial charge in [-0.05, 0) is 45.6 Å². The molecule has 1 aromatic rings. The van der Waals surface area contributed by atoms with Crippen LogP contribution in [0.25, 0.3) is 0 Å². The molecule has 0 radical (unpaired) electrons. The van der Waals surface area contributed by atoms with Crippen molar-refractivity contribution in [3.05, 3.63) is 16.6 Å². The van der Waals surface area contributed by atoms with Crippen LogP contribution in [0.2, 0.25) is 0 Å². The summed E-state index contributed by atoms with van der Waals surface area (Å²) >= 11 is 1.70. The molecule has 124 valence electrons. The van der Waals surface area contributed by atoms with Gasteiger partial charge in [-0.1, -0.05) is 0 Å². The lowest BCUT2D eigenvalue weighted by Crippen LogP contribution is -2.46. The molecule has 0 bridgehead atoms. The molecule has 0 unspecified atom stereocenters. The Morgan fingerprint density at radius 3 is 2.83 bits per heavy atom. The first-order valence-corrected chi connectivity index (χ1v) is 9.05. The number of nitriles is 1. The summed E-state index contributed by atoms with van der Waals surface area (Å²) in [6.07, 6.45) is 5.18. The van der Waals surface area contributed by atoms with Gasteiger partial charge >= 0.3 is 0 Å². The molecule has 23 heavy (non-hydrogen) atoms. The average molecular weight is 332 g/mol. The lowest BCUT2D eigenvalue weighted by molar-refractivity contribution is -0.139. The highest BCUT2D eigenvalue weighted by Gasteiger charge is 2.57. The maximum Gasteiger partial charge on any atom is 0.242 e. The normalized spacial score (nSPS) is 23.1. The van der Waals surface area contributed by atoms with E-state index in [9.17, 15) is 4.79 Å². The van der Waals surface area contributed by atoms with Gasteiger partial charge in [0, 0.05) is 30.7 Å². The molecule has 3 rings (SSSR count). The first-order chi connectivity index (χ1) is 10.9. The molecular weight excluding hydrogens is 308 g/mol. The number of piperidine rings is 1. The summed E-state index contributed by atoms with van der Waals surface area (Å²) in [7, 11) is 2.18. The predicted octanol–water partition coefficient (Wildman–Crippen LogP) is 2.51. The topological polar surface area (TPSA) is 60.2 Å². The molecule has 6 heteroatoms. The number of hydrogen-bond acceptors (Lipinski definition) is 5. The Hall–Kier alpha value is -1.45. The number of thiazole rings is 1. The standard InChI is InChI=1S/C17H24N4OS/c1-16(2,12-18)15(22)21-7-4-17(5-8-21)10-13(17)20(3)11-14-19-6-9-23-14/h6,9,13H,4-5,7-8,10-11H2,1-3H3/t13-/m1/s1. The van der Waals surface area contributed by atoms with Crippen LogP contribution in [0, 0.1) is 22.2 Å². The third kappa shape index (κ3) is 3.13. The Balaban J connectivity index is 1.54. The molecule has 1 saturated carbocycles. The van der Waals surface area contributed by atoms with E-state index in [0.717, 1.165) is 37.5 Å². The van der Waals surface area contributed by atoms with Crippen molar-refractivity contribution < 1.29 is 4.79 Å². The number of likely N-dealkylation sites (tertiary alicyclic amines) is 1. The van der Waals surface area contributed by atoms with Gasteiger partial charge in [0.1, 0.15) is 10.4 Å².